The number of anilines is 2. The summed E-state index contributed by atoms with van der Waals surface area (Å²) in [4.78, 5) is 25.4. The number of carbonyl (C=O) groups is 2. The first-order chi connectivity index (χ1) is 9.38. The summed E-state index contributed by atoms with van der Waals surface area (Å²) >= 11 is 1.08. The van der Waals surface area contributed by atoms with Gasteiger partial charge in [0.05, 0.1) is 17.9 Å². The van der Waals surface area contributed by atoms with Crippen LogP contribution in [0.2, 0.25) is 0 Å². The monoisotopic (exact) mass is 300 g/mol. The third kappa shape index (κ3) is 3.84. The molecule has 7 nitrogen and oxygen atoms in total. The van der Waals surface area contributed by atoms with Crippen LogP contribution in [0.15, 0.2) is 0 Å². The zero-order chi connectivity index (χ0) is 15.3. The van der Waals surface area contributed by atoms with Gasteiger partial charge < -0.3 is 26.4 Å². The van der Waals surface area contributed by atoms with E-state index in [2.05, 4.69) is 5.32 Å². The van der Waals surface area contributed by atoms with E-state index in [0.29, 0.717) is 11.5 Å². The van der Waals surface area contributed by atoms with E-state index in [-0.39, 0.29) is 22.7 Å². The largest absolute Gasteiger partial charge is 0.462 e. The molecule has 0 aromatic carbocycles. The number of nitrogens with zero attached hydrogens (tertiary/aromatic N) is 1. The Morgan fingerprint density at radius 1 is 1.40 bits per heavy atom. The van der Waals surface area contributed by atoms with E-state index in [1.54, 1.807) is 6.92 Å². The molecule has 1 aromatic rings. The third-order valence-electron chi connectivity index (χ3n) is 2.50. The van der Waals surface area contributed by atoms with Gasteiger partial charge in [0.15, 0.2) is 0 Å². The van der Waals surface area contributed by atoms with Gasteiger partial charge in [-0.1, -0.05) is 0 Å². The number of carbonyl (C=O) groups excluding carboxylic acids is 2. The number of nitrogens with two attached hydrogens (primary N) is 2. The van der Waals surface area contributed by atoms with Crippen molar-refractivity contribution in [2.45, 2.75) is 6.92 Å². The van der Waals surface area contributed by atoms with Gasteiger partial charge in [-0.15, -0.1) is 11.3 Å². The van der Waals surface area contributed by atoms with E-state index in [9.17, 15) is 9.59 Å². The molecule has 1 heterocycles. The lowest BCUT2D eigenvalue weighted by Gasteiger charge is -2.10. The molecular formula is C12H20N4O3S. The fraction of sp³-hybridized carbons (Fsp3) is 0.500. The van der Waals surface area contributed by atoms with Gasteiger partial charge >= 0.3 is 5.97 Å². The fourth-order valence-corrected chi connectivity index (χ4v) is 2.60. The van der Waals surface area contributed by atoms with Gasteiger partial charge in [-0.25, -0.2) is 4.79 Å². The number of amides is 1. The Kier molecular flexibility index (Phi) is 5.78. The van der Waals surface area contributed by atoms with Crippen LogP contribution in [0, 0.1) is 0 Å². The molecule has 0 bridgehead atoms. The van der Waals surface area contributed by atoms with E-state index >= 15 is 0 Å². The maximum atomic E-state index is 11.8. The second-order valence-electron chi connectivity index (χ2n) is 4.36. The molecule has 5 N–H and O–H groups in total. The molecule has 1 rings (SSSR count). The highest BCUT2D eigenvalue weighted by Crippen LogP contribution is 2.35. The topological polar surface area (TPSA) is 111 Å². The Morgan fingerprint density at radius 3 is 2.55 bits per heavy atom. The smallest absolute Gasteiger partial charge is 0.350 e. The molecule has 0 aliphatic heterocycles. The summed E-state index contributed by atoms with van der Waals surface area (Å²) in [5.74, 6) is -1.21. The normalized spacial score (nSPS) is 10.6. The quantitative estimate of drug-likeness (QED) is 0.635. The van der Waals surface area contributed by atoms with E-state index in [0.717, 1.165) is 17.9 Å². The molecule has 8 heteroatoms. The van der Waals surface area contributed by atoms with Gasteiger partial charge in [-0.2, -0.15) is 0 Å². The van der Waals surface area contributed by atoms with Crippen LogP contribution in [-0.2, 0) is 4.74 Å². The van der Waals surface area contributed by atoms with E-state index in [1.165, 1.54) is 0 Å². The molecular weight excluding hydrogens is 280 g/mol. The van der Waals surface area contributed by atoms with Crippen LogP contribution in [-0.4, -0.2) is 50.6 Å². The van der Waals surface area contributed by atoms with E-state index in [4.69, 9.17) is 16.2 Å². The maximum absolute atomic E-state index is 11.8. The Bertz CT molecular complexity index is 499. The zero-order valence-corrected chi connectivity index (χ0v) is 12.7. The standard InChI is InChI=1S/C12H20N4O3S/c1-4-19-12(18)9-8(13)7(10(14)17)11(20-9)15-5-6-16(2)3/h15H,4-6,13H2,1-3H3,(H2,14,17). The van der Waals surface area contributed by atoms with Crippen LogP contribution in [0.3, 0.4) is 0 Å². The highest BCUT2D eigenvalue weighted by atomic mass is 32.1. The van der Waals surface area contributed by atoms with Crippen molar-refractivity contribution in [3.05, 3.63) is 10.4 Å². The number of likely N-dealkylation sites (N-methyl/N-ethyl adjacent to an activating group) is 1. The van der Waals surface area contributed by atoms with Crippen molar-refractivity contribution in [3.63, 3.8) is 0 Å². The first kappa shape index (κ1) is 16.3. The molecule has 0 unspecified atom stereocenters. The highest BCUT2D eigenvalue weighted by Gasteiger charge is 2.24. The Hall–Kier alpha value is -1.80. The van der Waals surface area contributed by atoms with Crippen LogP contribution < -0.4 is 16.8 Å². The number of hydrogen-bond acceptors (Lipinski definition) is 7. The van der Waals surface area contributed by atoms with Crippen molar-refractivity contribution in [1.29, 1.82) is 0 Å². The highest BCUT2D eigenvalue weighted by molar-refractivity contribution is 7.19. The van der Waals surface area contributed by atoms with Crippen molar-refractivity contribution in [2.75, 3.05) is 44.8 Å². The molecule has 0 saturated heterocycles. The van der Waals surface area contributed by atoms with Crippen molar-refractivity contribution in [1.82, 2.24) is 4.90 Å². The number of esters is 1. The number of hydrogen-bond donors (Lipinski definition) is 3. The summed E-state index contributed by atoms with van der Waals surface area (Å²) < 4.78 is 4.90. The molecule has 0 radical (unpaired) electrons. The van der Waals surface area contributed by atoms with Gasteiger partial charge in [0.25, 0.3) is 5.91 Å². The molecule has 1 aromatic heterocycles. The molecule has 0 atom stereocenters. The zero-order valence-electron chi connectivity index (χ0n) is 11.9. The number of primary amides is 1. The summed E-state index contributed by atoms with van der Waals surface area (Å²) in [5.41, 5.74) is 11.4. The minimum absolute atomic E-state index is 0.0771. The molecule has 112 valence electrons. The predicted molar refractivity (Wildman–Crippen MR) is 80.2 cm³/mol. The number of thiophene rings is 1. The van der Waals surface area contributed by atoms with Crippen LogP contribution in [0.5, 0.6) is 0 Å². The lowest BCUT2D eigenvalue weighted by atomic mass is 10.2. The molecule has 0 aliphatic carbocycles. The maximum Gasteiger partial charge on any atom is 0.350 e. The van der Waals surface area contributed by atoms with Gasteiger partial charge in [-0.05, 0) is 21.0 Å². The lowest BCUT2D eigenvalue weighted by molar-refractivity contribution is 0.0533. The van der Waals surface area contributed by atoms with Crippen LogP contribution >= 0.6 is 11.3 Å². The third-order valence-corrected chi connectivity index (χ3v) is 3.64. The summed E-state index contributed by atoms with van der Waals surface area (Å²) in [5, 5.41) is 3.57. The number of nitrogen functional groups attached to an aromatic ring is 1. The van der Waals surface area contributed by atoms with Crippen molar-refractivity contribution >= 4 is 33.9 Å². The van der Waals surface area contributed by atoms with Crippen molar-refractivity contribution in [2.24, 2.45) is 5.73 Å². The van der Waals surface area contributed by atoms with Crippen LogP contribution in [0.4, 0.5) is 10.7 Å². The summed E-state index contributed by atoms with van der Waals surface area (Å²) in [6, 6.07) is 0. The summed E-state index contributed by atoms with van der Waals surface area (Å²) in [7, 11) is 3.87. The second kappa shape index (κ2) is 7.11. The van der Waals surface area contributed by atoms with E-state index < -0.39 is 11.9 Å². The minimum atomic E-state index is -0.665. The average Bonchev–Trinajstić information content (AvgIpc) is 2.66. The molecule has 0 fully saturated rings. The molecule has 0 aliphatic rings. The Labute approximate surface area is 121 Å². The molecule has 0 spiro atoms. The number of ether oxygens (including phenoxy) is 1. The molecule has 0 saturated carbocycles. The predicted octanol–water partition coefficient (Wildman–Crippen LogP) is 0.579. The van der Waals surface area contributed by atoms with E-state index in [1.807, 2.05) is 19.0 Å². The summed E-state index contributed by atoms with van der Waals surface area (Å²) in [6.45, 7) is 3.32. The second-order valence-corrected chi connectivity index (χ2v) is 5.38. The van der Waals surface area contributed by atoms with Gasteiger partial charge in [0, 0.05) is 13.1 Å². The average molecular weight is 300 g/mol. The first-order valence-corrected chi connectivity index (χ1v) is 6.97. The van der Waals surface area contributed by atoms with Crippen LogP contribution in [0.1, 0.15) is 27.0 Å². The van der Waals surface area contributed by atoms with Crippen LogP contribution in [0.25, 0.3) is 0 Å². The minimum Gasteiger partial charge on any atom is -0.462 e. The Balaban J connectivity index is 3.00. The SMILES string of the molecule is CCOC(=O)c1sc(NCCN(C)C)c(C(N)=O)c1N. The Morgan fingerprint density at radius 2 is 2.05 bits per heavy atom. The van der Waals surface area contributed by atoms with Crippen molar-refractivity contribution < 1.29 is 14.3 Å². The summed E-state index contributed by atoms with van der Waals surface area (Å²) in [6.07, 6.45) is 0. The number of rotatable bonds is 7. The fourth-order valence-electron chi connectivity index (χ4n) is 1.55. The first-order valence-electron chi connectivity index (χ1n) is 6.16. The molecule has 1 amide bonds. The van der Waals surface area contributed by atoms with Gasteiger partial charge in [0.1, 0.15) is 9.88 Å². The molecule has 20 heavy (non-hydrogen) atoms. The number of nitrogens with one attached hydrogen (secondary N) is 1. The van der Waals surface area contributed by atoms with Gasteiger partial charge in [0.2, 0.25) is 0 Å². The van der Waals surface area contributed by atoms with Crippen molar-refractivity contribution in [3.8, 4) is 0 Å². The van der Waals surface area contributed by atoms with Gasteiger partial charge in [-0.3, -0.25) is 4.79 Å². The lowest BCUT2D eigenvalue weighted by Crippen LogP contribution is -2.22.